The van der Waals surface area contributed by atoms with Gasteiger partial charge in [0, 0.05) is 12.2 Å². The van der Waals surface area contributed by atoms with E-state index in [1.807, 2.05) is 44.2 Å². The predicted molar refractivity (Wildman–Crippen MR) is 80.7 cm³/mol. The predicted octanol–water partition coefficient (Wildman–Crippen LogP) is 4.53. The summed E-state index contributed by atoms with van der Waals surface area (Å²) in [6, 6.07) is 13.0. The van der Waals surface area contributed by atoms with E-state index in [9.17, 15) is 4.39 Å². The summed E-state index contributed by atoms with van der Waals surface area (Å²) in [6.45, 7) is 6.48. The second-order valence-electron chi connectivity index (χ2n) is 5.13. The van der Waals surface area contributed by atoms with E-state index in [1.165, 1.54) is 6.07 Å². The van der Waals surface area contributed by atoms with Gasteiger partial charge < -0.3 is 10.1 Å². The molecular weight excluding hydrogens is 253 g/mol. The first-order valence-electron chi connectivity index (χ1n) is 6.80. The normalized spacial score (nSPS) is 10.7. The molecule has 0 aliphatic rings. The lowest BCUT2D eigenvalue weighted by atomic mass is 10.2. The third kappa shape index (κ3) is 3.98. The summed E-state index contributed by atoms with van der Waals surface area (Å²) in [5.41, 5.74) is 2.73. The summed E-state index contributed by atoms with van der Waals surface area (Å²) in [5.74, 6) is 0.701. The van der Waals surface area contributed by atoms with E-state index in [2.05, 4.69) is 5.32 Å². The molecule has 0 saturated carbocycles. The van der Waals surface area contributed by atoms with Crippen LogP contribution in [0.3, 0.4) is 0 Å². The van der Waals surface area contributed by atoms with E-state index in [0.717, 1.165) is 17.0 Å². The maximum absolute atomic E-state index is 13.2. The Balaban J connectivity index is 1.95. The minimum Gasteiger partial charge on any atom is -0.491 e. The third-order valence-electron chi connectivity index (χ3n) is 2.95. The van der Waals surface area contributed by atoms with Crippen LogP contribution in [0.1, 0.15) is 25.0 Å². The molecule has 0 aromatic heterocycles. The van der Waals surface area contributed by atoms with Crippen LogP contribution in [-0.2, 0) is 6.54 Å². The average molecular weight is 273 g/mol. The molecule has 2 aromatic rings. The molecule has 0 saturated heterocycles. The highest BCUT2D eigenvalue weighted by molar-refractivity contribution is 5.46. The van der Waals surface area contributed by atoms with Gasteiger partial charge in [-0.1, -0.05) is 12.1 Å². The number of benzene rings is 2. The van der Waals surface area contributed by atoms with Crippen molar-refractivity contribution in [2.24, 2.45) is 0 Å². The van der Waals surface area contributed by atoms with Crippen molar-refractivity contribution in [1.82, 2.24) is 0 Å². The molecule has 106 valence electrons. The highest BCUT2D eigenvalue weighted by Crippen LogP contribution is 2.17. The first kappa shape index (κ1) is 14.4. The van der Waals surface area contributed by atoms with Gasteiger partial charge in [-0.25, -0.2) is 4.39 Å². The molecular formula is C17H20FNO. The van der Waals surface area contributed by atoms with Gasteiger partial charge in [-0.2, -0.15) is 0 Å². The Morgan fingerprint density at radius 1 is 1.10 bits per heavy atom. The quantitative estimate of drug-likeness (QED) is 0.864. The Labute approximate surface area is 119 Å². The molecule has 0 unspecified atom stereocenters. The molecule has 3 heteroatoms. The lowest BCUT2D eigenvalue weighted by Gasteiger charge is -2.11. The van der Waals surface area contributed by atoms with Crippen LogP contribution >= 0.6 is 0 Å². The minimum atomic E-state index is -0.175. The fraction of sp³-hybridized carbons (Fsp3) is 0.294. The summed E-state index contributed by atoms with van der Waals surface area (Å²) in [7, 11) is 0. The van der Waals surface area contributed by atoms with Gasteiger partial charge >= 0.3 is 0 Å². The van der Waals surface area contributed by atoms with Gasteiger partial charge in [-0.3, -0.25) is 0 Å². The Morgan fingerprint density at radius 3 is 2.40 bits per heavy atom. The zero-order valence-electron chi connectivity index (χ0n) is 12.1. The van der Waals surface area contributed by atoms with Crippen molar-refractivity contribution in [2.75, 3.05) is 5.32 Å². The van der Waals surface area contributed by atoms with E-state index in [0.29, 0.717) is 12.1 Å². The second kappa shape index (κ2) is 6.42. The molecule has 0 bridgehead atoms. The number of aryl methyl sites for hydroxylation is 1. The number of nitrogens with one attached hydrogen (secondary N) is 1. The topological polar surface area (TPSA) is 21.3 Å². The van der Waals surface area contributed by atoms with Crippen molar-refractivity contribution in [3.05, 3.63) is 59.4 Å². The standard InChI is InChI=1S/C17H20FNO/c1-12(2)20-16-7-4-14(5-8-16)11-19-15-6-9-17(18)13(3)10-15/h4-10,12,19H,11H2,1-3H3. The van der Waals surface area contributed by atoms with Gasteiger partial charge in [0.1, 0.15) is 11.6 Å². The van der Waals surface area contributed by atoms with Crippen molar-refractivity contribution in [3.63, 3.8) is 0 Å². The van der Waals surface area contributed by atoms with Gasteiger partial charge in [-0.05, 0) is 62.2 Å². The maximum Gasteiger partial charge on any atom is 0.126 e. The Kier molecular flexibility index (Phi) is 4.61. The molecule has 2 rings (SSSR count). The van der Waals surface area contributed by atoms with Gasteiger partial charge in [0.2, 0.25) is 0 Å². The van der Waals surface area contributed by atoms with Crippen LogP contribution in [0, 0.1) is 12.7 Å². The second-order valence-corrected chi connectivity index (χ2v) is 5.13. The van der Waals surface area contributed by atoms with E-state index in [-0.39, 0.29) is 11.9 Å². The summed E-state index contributed by atoms with van der Waals surface area (Å²) in [6.07, 6.45) is 0.182. The first-order valence-corrected chi connectivity index (χ1v) is 6.80. The van der Waals surface area contributed by atoms with Gasteiger partial charge in [0.15, 0.2) is 0 Å². The lowest BCUT2D eigenvalue weighted by molar-refractivity contribution is 0.242. The highest BCUT2D eigenvalue weighted by Gasteiger charge is 2.00. The molecule has 2 nitrogen and oxygen atoms in total. The average Bonchev–Trinajstić information content (AvgIpc) is 2.41. The van der Waals surface area contributed by atoms with E-state index < -0.39 is 0 Å². The Morgan fingerprint density at radius 2 is 1.80 bits per heavy atom. The third-order valence-corrected chi connectivity index (χ3v) is 2.95. The summed E-state index contributed by atoms with van der Waals surface area (Å²) < 4.78 is 18.8. The molecule has 0 radical (unpaired) electrons. The Bertz CT molecular complexity index is 564. The fourth-order valence-corrected chi connectivity index (χ4v) is 1.92. The van der Waals surface area contributed by atoms with E-state index in [1.54, 1.807) is 13.0 Å². The minimum absolute atomic E-state index is 0.175. The smallest absolute Gasteiger partial charge is 0.126 e. The van der Waals surface area contributed by atoms with Gasteiger partial charge in [-0.15, -0.1) is 0 Å². The monoisotopic (exact) mass is 273 g/mol. The fourth-order valence-electron chi connectivity index (χ4n) is 1.92. The molecule has 2 aromatic carbocycles. The van der Waals surface area contributed by atoms with Crippen LogP contribution in [0.5, 0.6) is 5.75 Å². The number of ether oxygens (including phenoxy) is 1. The van der Waals surface area contributed by atoms with Crippen molar-refractivity contribution in [3.8, 4) is 5.75 Å². The molecule has 1 N–H and O–H groups in total. The van der Waals surface area contributed by atoms with Crippen LogP contribution in [-0.4, -0.2) is 6.10 Å². The van der Waals surface area contributed by atoms with E-state index >= 15 is 0 Å². The van der Waals surface area contributed by atoms with Crippen LogP contribution in [0.4, 0.5) is 10.1 Å². The maximum atomic E-state index is 13.2. The molecule has 0 spiro atoms. The van der Waals surface area contributed by atoms with Crippen LogP contribution in [0.15, 0.2) is 42.5 Å². The van der Waals surface area contributed by atoms with Crippen molar-refractivity contribution in [1.29, 1.82) is 0 Å². The highest BCUT2D eigenvalue weighted by atomic mass is 19.1. The van der Waals surface area contributed by atoms with Gasteiger partial charge in [0.25, 0.3) is 0 Å². The lowest BCUT2D eigenvalue weighted by Crippen LogP contribution is -2.05. The number of rotatable bonds is 5. The number of hydrogen-bond acceptors (Lipinski definition) is 2. The summed E-state index contributed by atoms with van der Waals surface area (Å²) in [4.78, 5) is 0. The molecule has 0 aliphatic carbocycles. The van der Waals surface area contributed by atoms with Crippen molar-refractivity contribution >= 4 is 5.69 Å². The SMILES string of the molecule is Cc1cc(NCc2ccc(OC(C)C)cc2)ccc1F. The summed E-state index contributed by atoms with van der Waals surface area (Å²) >= 11 is 0. The zero-order valence-corrected chi connectivity index (χ0v) is 12.1. The number of halogens is 1. The largest absolute Gasteiger partial charge is 0.491 e. The number of anilines is 1. The van der Waals surface area contributed by atoms with Crippen LogP contribution in [0.2, 0.25) is 0 Å². The molecule has 20 heavy (non-hydrogen) atoms. The molecule has 0 aliphatic heterocycles. The van der Waals surface area contributed by atoms with Crippen molar-refractivity contribution < 1.29 is 9.13 Å². The molecule has 0 heterocycles. The molecule has 0 fully saturated rings. The van der Waals surface area contributed by atoms with Crippen molar-refractivity contribution in [2.45, 2.75) is 33.4 Å². The van der Waals surface area contributed by atoms with Gasteiger partial charge in [0.05, 0.1) is 6.10 Å². The van der Waals surface area contributed by atoms with Crippen LogP contribution in [0.25, 0.3) is 0 Å². The first-order chi connectivity index (χ1) is 9.54. The zero-order chi connectivity index (χ0) is 14.5. The van der Waals surface area contributed by atoms with Crippen LogP contribution < -0.4 is 10.1 Å². The summed E-state index contributed by atoms with van der Waals surface area (Å²) in [5, 5.41) is 3.28. The molecule has 0 amide bonds. The Hall–Kier alpha value is -2.03. The molecule has 0 atom stereocenters. The number of hydrogen-bond donors (Lipinski definition) is 1. The van der Waals surface area contributed by atoms with E-state index in [4.69, 9.17) is 4.74 Å².